The molecule has 2 aliphatic heterocycles. The monoisotopic (exact) mass is 385 g/mol. The van der Waals surface area contributed by atoms with Crippen molar-refractivity contribution < 1.29 is 18.0 Å². The van der Waals surface area contributed by atoms with Crippen molar-refractivity contribution in [1.29, 1.82) is 0 Å². The fraction of sp³-hybridized carbons (Fsp3) is 0.263. The van der Waals surface area contributed by atoms with Crippen LogP contribution >= 0.6 is 0 Å². The maximum atomic E-state index is 13.2. The summed E-state index contributed by atoms with van der Waals surface area (Å²) in [5, 5.41) is 0. The normalized spacial score (nSPS) is 17.0. The molecular weight excluding hydrogens is 366 g/mol. The maximum Gasteiger partial charge on any atom is 0.264 e. The summed E-state index contributed by atoms with van der Waals surface area (Å²) in [6.45, 7) is 0.381. The van der Waals surface area contributed by atoms with Crippen molar-refractivity contribution in [2.75, 3.05) is 34.7 Å². The van der Waals surface area contributed by atoms with Gasteiger partial charge in [0.15, 0.2) is 0 Å². The number of carbonyl (C=O) groups is 2. The van der Waals surface area contributed by atoms with Crippen LogP contribution in [0, 0.1) is 0 Å². The fourth-order valence-corrected chi connectivity index (χ4v) is 5.06. The number of amides is 2. The second-order valence-corrected chi connectivity index (χ2v) is 8.55. The number of hydrogen-bond donors (Lipinski definition) is 0. The van der Waals surface area contributed by atoms with Crippen LogP contribution in [0.3, 0.4) is 0 Å². The van der Waals surface area contributed by atoms with Gasteiger partial charge in [0, 0.05) is 20.6 Å². The first-order chi connectivity index (χ1) is 12.8. The Kier molecular flexibility index (Phi) is 3.96. The van der Waals surface area contributed by atoms with E-state index in [0.717, 1.165) is 5.56 Å². The second kappa shape index (κ2) is 6.09. The number of sulfonamides is 1. The van der Waals surface area contributed by atoms with Gasteiger partial charge >= 0.3 is 0 Å². The molecule has 2 aromatic carbocycles. The van der Waals surface area contributed by atoms with E-state index in [1.807, 2.05) is 18.2 Å². The summed E-state index contributed by atoms with van der Waals surface area (Å²) >= 11 is 0. The van der Waals surface area contributed by atoms with Crippen molar-refractivity contribution in [1.82, 2.24) is 0 Å². The zero-order valence-electron chi connectivity index (χ0n) is 15.0. The molecule has 2 amide bonds. The minimum atomic E-state index is -3.78. The van der Waals surface area contributed by atoms with Crippen LogP contribution in [-0.2, 0) is 26.0 Å². The number of benzene rings is 2. The molecule has 4 rings (SSSR count). The van der Waals surface area contributed by atoms with Crippen molar-refractivity contribution in [2.24, 2.45) is 0 Å². The highest BCUT2D eigenvalue weighted by atomic mass is 32.2. The van der Waals surface area contributed by atoms with Crippen LogP contribution in [0.5, 0.6) is 0 Å². The highest BCUT2D eigenvalue weighted by molar-refractivity contribution is 7.92. The van der Waals surface area contributed by atoms with Crippen molar-refractivity contribution in [2.45, 2.75) is 17.7 Å². The van der Waals surface area contributed by atoms with E-state index in [1.54, 1.807) is 26.2 Å². The highest BCUT2D eigenvalue weighted by Crippen LogP contribution is 2.37. The molecule has 2 heterocycles. The third kappa shape index (κ3) is 2.68. The van der Waals surface area contributed by atoms with E-state index in [0.29, 0.717) is 30.0 Å². The van der Waals surface area contributed by atoms with Gasteiger partial charge in [-0.15, -0.1) is 0 Å². The number of hydrogen-bond acceptors (Lipinski definition) is 4. The Morgan fingerprint density at radius 3 is 2.26 bits per heavy atom. The minimum Gasteiger partial charge on any atom is -0.313 e. The number of carbonyl (C=O) groups excluding carboxylic acids is 2. The van der Waals surface area contributed by atoms with Gasteiger partial charge in [0.1, 0.15) is 6.42 Å². The van der Waals surface area contributed by atoms with Gasteiger partial charge in [-0.1, -0.05) is 18.2 Å². The Balaban J connectivity index is 1.81. The van der Waals surface area contributed by atoms with E-state index in [9.17, 15) is 18.0 Å². The molecule has 0 aliphatic carbocycles. The average Bonchev–Trinajstić information content (AvgIpc) is 3.08. The summed E-state index contributed by atoms with van der Waals surface area (Å²) in [4.78, 5) is 27.2. The lowest BCUT2D eigenvalue weighted by atomic mass is 10.2. The van der Waals surface area contributed by atoms with Gasteiger partial charge in [-0.05, 0) is 36.2 Å². The van der Waals surface area contributed by atoms with E-state index in [1.165, 1.54) is 26.2 Å². The fourth-order valence-electron chi connectivity index (χ4n) is 3.54. The molecule has 2 aliphatic rings. The van der Waals surface area contributed by atoms with E-state index < -0.39 is 10.0 Å². The lowest BCUT2D eigenvalue weighted by Gasteiger charge is -2.23. The number of rotatable bonds is 2. The molecule has 7 nitrogen and oxygen atoms in total. The lowest BCUT2D eigenvalue weighted by Crippen LogP contribution is -2.30. The number of fused-ring (bicyclic) bond motifs is 2. The second-order valence-electron chi connectivity index (χ2n) is 6.69. The van der Waals surface area contributed by atoms with Crippen LogP contribution in [0.25, 0.3) is 0 Å². The zero-order valence-corrected chi connectivity index (χ0v) is 15.9. The average molecular weight is 385 g/mol. The SMILES string of the molecule is CN1C(=O)CC(=O)N(C)c2cc(S(=O)(=O)N3CCc4ccccc43)ccc21. The summed E-state index contributed by atoms with van der Waals surface area (Å²) < 4.78 is 27.9. The third-order valence-corrected chi connectivity index (χ3v) is 6.96. The van der Waals surface area contributed by atoms with Crippen LogP contribution in [0.15, 0.2) is 47.4 Å². The van der Waals surface area contributed by atoms with Crippen molar-refractivity contribution in [3.05, 3.63) is 48.0 Å². The predicted molar refractivity (Wildman–Crippen MR) is 103 cm³/mol. The lowest BCUT2D eigenvalue weighted by molar-refractivity contribution is -0.125. The molecule has 0 atom stereocenters. The molecule has 0 bridgehead atoms. The van der Waals surface area contributed by atoms with Gasteiger partial charge in [-0.2, -0.15) is 0 Å². The van der Waals surface area contributed by atoms with Gasteiger partial charge in [0.05, 0.1) is 22.0 Å². The molecule has 2 aromatic rings. The van der Waals surface area contributed by atoms with Crippen LogP contribution in [0.2, 0.25) is 0 Å². The molecular formula is C19H19N3O4S. The first kappa shape index (κ1) is 17.5. The Labute approximate surface area is 157 Å². The first-order valence-electron chi connectivity index (χ1n) is 8.58. The molecule has 0 saturated carbocycles. The minimum absolute atomic E-state index is 0.0975. The number of nitrogens with zero attached hydrogens (tertiary/aromatic N) is 3. The summed E-state index contributed by atoms with van der Waals surface area (Å²) in [5.41, 5.74) is 2.59. The van der Waals surface area contributed by atoms with E-state index in [4.69, 9.17) is 0 Å². The van der Waals surface area contributed by atoms with E-state index in [2.05, 4.69) is 0 Å². The quantitative estimate of drug-likeness (QED) is 0.738. The molecule has 0 N–H and O–H groups in total. The van der Waals surface area contributed by atoms with Crippen molar-refractivity contribution in [3.8, 4) is 0 Å². The molecule has 140 valence electrons. The summed E-state index contributed by atoms with van der Waals surface area (Å²) in [5.74, 6) is -0.693. The van der Waals surface area contributed by atoms with E-state index in [-0.39, 0.29) is 23.1 Å². The highest BCUT2D eigenvalue weighted by Gasteiger charge is 2.33. The third-order valence-electron chi connectivity index (χ3n) is 5.15. The Morgan fingerprint density at radius 2 is 1.52 bits per heavy atom. The Hall–Kier alpha value is -2.87. The van der Waals surface area contributed by atoms with Crippen LogP contribution in [0.1, 0.15) is 12.0 Å². The van der Waals surface area contributed by atoms with Gasteiger partial charge in [0.25, 0.3) is 10.0 Å². The summed E-state index contributed by atoms with van der Waals surface area (Å²) in [6, 6.07) is 12.0. The van der Waals surface area contributed by atoms with Gasteiger partial charge in [-0.3, -0.25) is 13.9 Å². The van der Waals surface area contributed by atoms with E-state index >= 15 is 0 Å². The van der Waals surface area contributed by atoms with Crippen LogP contribution in [-0.4, -0.2) is 40.9 Å². The molecule has 8 heteroatoms. The molecule has 0 aromatic heterocycles. The van der Waals surface area contributed by atoms with Gasteiger partial charge < -0.3 is 9.80 Å². The standard InChI is InChI=1S/C19H19N3O4S/c1-20-16-8-7-14(11-17(16)21(2)19(24)12-18(20)23)27(25,26)22-10-9-13-5-3-4-6-15(13)22/h3-8,11H,9-10,12H2,1-2H3. The molecule has 0 spiro atoms. The molecule has 0 unspecified atom stereocenters. The smallest absolute Gasteiger partial charge is 0.264 e. The summed E-state index contributed by atoms with van der Waals surface area (Å²) in [6.07, 6.45) is 0.416. The van der Waals surface area contributed by atoms with Gasteiger partial charge in [-0.25, -0.2) is 8.42 Å². The van der Waals surface area contributed by atoms with Crippen molar-refractivity contribution in [3.63, 3.8) is 0 Å². The molecule has 0 saturated heterocycles. The number of para-hydroxylation sites is 1. The largest absolute Gasteiger partial charge is 0.313 e. The Bertz CT molecular complexity index is 1060. The van der Waals surface area contributed by atoms with Gasteiger partial charge in [0.2, 0.25) is 11.8 Å². The molecule has 27 heavy (non-hydrogen) atoms. The first-order valence-corrected chi connectivity index (χ1v) is 10.0. The molecule has 0 fully saturated rings. The van der Waals surface area contributed by atoms with Crippen LogP contribution < -0.4 is 14.1 Å². The van der Waals surface area contributed by atoms with Crippen molar-refractivity contribution >= 4 is 38.9 Å². The topological polar surface area (TPSA) is 78.0 Å². The maximum absolute atomic E-state index is 13.2. The Morgan fingerprint density at radius 1 is 0.852 bits per heavy atom. The van der Waals surface area contributed by atoms with Crippen LogP contribution in [0.4, 0.5) is 17.1 Å². The zero-order chi connectivity index (χ0) is 19.3. The molecule has 0 radical (unpaired) electrons. The number of anilines is 3. The predicted octanol–water partition coefficient (Wildman–Crippen LogP) is 1.77. The summed E-state index contributed by atoms with van der Waals surface area (Å²) in [7, 11) is -0.645.